The highest BCUT2D eigenvalue weighted by molar-refractivity contribution is 6.33. The number of ether oxygens (including phenoxy) is 1. The minimum atomic E-state index is -1.28. The predicted molar refractivity (Wildman–Crippen MR) is 68.1 cm³/mol. The van der Waals surface area contributed by atoms with E-state index in [0.29, 0.717) is 0 Å². The van der Waals surface area contributed by atoms with Crippen molar-refractivity contribution in [1.29, 1.82) is 5.26 Å². The number of nitriles is 1. The molecule has 2 aromatic rings. The summed E-state index contributed by atoms with van der Waals surface area (Å²) < 4.78 is 6.73. The van der Waals surface area contributed by atoms with E-state index in [1.54, 1.807) is 6.07 Å². The number of aromatic nitrogens is 4. The average Bonchev–Trinajstić information content (AvgIpc) is 3.02. The molecule has 0 saturated carbocycles. The summed E-state index contributed by atoms with van der Waals surface area (Å²) in [6.45, 7) is -0.444. The first-order valence-corrected chi connectivity index (χ1v) is 6.37. The van der Waals surface area contributed by atoms with Crippen molar-refractivity contribution in [1.82, 2.24) is 19.5 Å². The number of aliphatic hydroxyl groups is 3. The van der Waals surface area contributed by atoms with Crippen molar-refractivity contribution in [3.63, 3.8) is 0 Å². The number of aliphatic hydroxyl groups excluding tert-OH is 3. The van der Waals surface area contributed by atoms with Crippen LogP contribution in [-0.2, 0) is 4.74 Å². The lowest BCUT2D eigenvalue weighted by molar-refractivity contribution is -0.0511. The highest BCUT2D eigenvalue weighted by atomic mass is 35.5. The lowest BCUT2D eigenvalue weighted by atomic mass is 10.1. The zero-order chi connectivity index (χ0) is 15.1. The predicted octanol–water partition coefficient (Wildman–Crippen LogP) is -1.04. The third kappa shape index (κ3) is 2.14. The first-order chi connectivity index (χ1) is 10.1. The molecule has 0 bridgehead atoms. The van der Waals surface area contributed by atoms with Crippen LogP contribution in [-0.4, -0.2) is 59.8 Å². The standard InChI is InChI=1S/C11H10ClN5O4/c12-9-6-10(16-5(1-13)15-9)17(3-14-6)11-8(20)7(19)4(2-18)21-11/h3-4,7-8,11,18-20H,2H2/t4-,7?,8?,11?/m1/s1. The van der Waals surface area contributed by atoms with Crippen LogP contribution in [0.2, 0.25) is 5.15 Å². The highest BCUT2D eigenvalue weighted by Crippen LogP contribution is 2.32. The summed E-state index contributed by atoms with van der Waals surface area (Å²) in [4.78, 5) is 11.7. The van der Waals surface area contributed by atoms with Gasteiger partial charge in [0.15, 0.2) is 17.0 Å². The van der Waals surface area contributed by atoms with Gasteiger partial charge >= 0.3 is 0 Å². The Kier molecular flexibility index (Phi) is 3.48. The van der Waals surface area contributed by atoms with Gasteiger partial charge < -0.3 is 20.1 Å². The van der Waals surface area contributed by atoms with Gasteiger partial charge in [-0.05, 0) is 0 Å². The smallest absolute Gasteiger partial charge is 0.235 e. The van der Waals surface area contributed by atoms with Crippen LogP contribution >= 0.6 is 11.6 Å². The van der Waals surface area contributed by atoms with Crippen LogP contribution in [0.15, 0.2) is 6.33 Å². The summed E-state index contributed by atoms with van der Waals surface area (Å²) in [5.41, 5.74) is 0.440. The van der Waals surface area contributed by atoms with Crippen molar-refractivity contribution in [2.45, 2.75) is 24.5 Å². The Hall–Kier alpha value is -1.83. The maximum absolute atomic E-state index is 10.0. The molecule has 3 heterocycles. The molecule has 2 aromatic heterocycles. The summed E-state index contributed by atoms with van der Waals surface area (Å²) in [6, 6.07) is 1.77. The van der Waals surface area contributed by atoms with Gasteiger partial charge in [0.1, 0.15) is 29.9 Å². The summed E-state index contributed by atoms with van der Waals surface area (Å²) in [5.74, 6) is -0.152. The molecule has 3 N–H and O–H groups in total. The maximum Gasteiger partial charge on any atom is 0.235 e. The van der Waals surface area contributed by atoms with Gasteiger partial charge in [0, 0.05) is 0 Å². The van der Waals surface area contributed by atoms with E-state index in [0.717, 1.165) is 0 Å². The lowest BCUT2D eigenvalue weighted by Gasteiger charge is -2.16. The zero-order valence-corrected chi connectivity index (χ0v) is 11.2. The minimum absolute atomic E-state index is 0.00189. The quantitative estimate of drug-likeness (QED) is 0.598. The summed E-state index contributed by atoms with van der Waals surface area (Å²) >= 11 is 5.91. The van der Waals surface area contributed by atoms with Gasteiger partial charge in [-0.3, -0.25) is 4.57 Å². The Morgan fingerprint density at radius 2 is 2.14 bits per heavy atom. The monoisotopic (exact) mass is 311 g/mol. The fraction of sp³-hybridized carbons (Fsp3) is 0.455. The van der Waals surface area contributed by atoms with Crippen molar-refractivity contribution in [2.75, 3.05) is 6.61 Å². The molecule has 0 spiro atoms. The van der Waals surface area contributed by atoms with Crippen LogP contribution in [0.5, 0.6) is 0 Å². The van der Waals surface area contributed by atoms with Gasteiger partial charge in [-0.25, -0.2) is 9.97 Å². The van der Waals surface area contributed by atoms with Crippen LogP contribution in [0.3, 0.4) is 0 Å². The van der Waals surface area contributed by atoms with Gasteiger partial charge in [0.2, 0.25) is 5.82 Å². The van der Waals surface area contributed by atoms with Crippen LogP contribution < -0.4 is 0 Å². The minimum Gasteiger partial charge on any atom is -0.394 e. The molecule has 1 aliphatic rings. The Bertz CT molecular complexity index is 729. The summed E-state index contributed by atoms with van der Waals surface area (Å²) in [5, 5.41) is 37.8. The summed E-state index contributed by atoms with van der Waals surface area (Å²) in [7, 11) is 0. The van der Waals surface area contributed by atoms with E-state index in [1.807, 2.05) is 0 Å². The third-order valence-electron chi connectivity index (χ3n) is 3.27. The fourth-order valence-electron chi connectivity index (χ4n) is 2.23. The maximum atomic E-state index is 10.0. The van der Waals surface area contributed by atoms with Crippen LogP contribution in [0.1, 0.15) is 12.1 Å². The second-order valence-corrected chi connectivity index (χ2v) is 4.86. The molecule has 0 amide bonds. The van der Waals surface area contributed by atoms with Crippen molar-refractivity contribution in [2.24, 2.45) is 0 Å². The van der Waals surface area contributed by atoms with Gasteiger partial charge in [-0.2, -0.15) is 10.2 Å². The number of imidazole rings is 1. The van der Waals surface area contributed by atoms with Crippen LogP contribution in [0.25, 0.3) is 11.2 Å². The molecule has 3 unspecified atom stereocenters. The number of hydrogen-bond acceptors (Lipinski definition) is 8. The Balaban J connectivity index is 2.10. The van der Waals surface area contributed by atoms with E-state index in [1.165, 1.54) is 10.9 Å². The number of rotatable bonds is 2. The van der Waals surface area contributed by atoms with Crippen molar-refractivity contribution >= 4 is 22.8 Å². The van der Waals surface area contributed by atoms with Gasteiger partial charge in [0.05, 0.1) is 12.9 Å². The van der Waals surface area contributed by atoms with Gasteiger partial charge in [-0.1, -0.05) is 11.6 Å². The van der Waals surface area contributed by atoms with Crippen LogP contribution in [0.4, 0.5) is 0 Å². The molecular weight excluding hydrogens is 302 g/mol. The van der Waals surface area contributed by atoms with Crippen LogP contribution in [0, 0.1) is 11.3 Å². The number of fused-ring (bicyclic) bond motifs is 1. The SMILES string of the molecule is N#Cc1nc(Cl)c2ncn(C3O[C@H](CO)C(O)C3O)c2n1. The number of halogens is 1. The van der Waals surface area contributed by atoms with Crippen molar-refractivity contribution in [3.05, 3.63) is 17.3 Å². The number of nitrogens with zero attached hydrogens (tertiary/aromatic N) is 5. The molecule has 0 aromatic carbocycles. The van der Waals surface area contributed by atoms with E-state index in [9.17, 15) is 10.2 Å². The van der Waals surface area contributed by atoms with Gasteiger partial charge in [-0.15, -0.1) is 0 Å². The second-order valence-electron chi connectivity index (χ2n) is 4.50. The lowest BCUT2D eigenvalue weighted by Crippen LogP contribution is -2.33. The van der Waals surface area contributed by atoms with E-state index < -0.39 is 31.1 Å². The fourth-order valence-corrected chi connectivity index (χ4v) is 2.44. The zero-order valence-electron chi connectivity index (χ0n) is 10.5. The van der Waals surface area contributed by atoms with Gasteiger partial charge in [0.25, 0.3) is 0 Å². The summed E-state index contributed by atoms with van der Waals surface area (Å²) in [6.07, 6.45) is -3.13. The molecule has 1 aliphatic heterocycles. The molecule has 0 radical (unpaired) electrons. The molecule has 4 atom stereocenters. The van der Waals surface area contributed by atoms with Crippen molar-refractivity contribution < 1.29 is 20.1 Å². The highest BCUT2D eigenvalue weighted by Gasteiger charge is 2.44. The third-order valence-corrected chi connectivity index (χ3v) is 3.53. The van der Waals surface area contributed by atoms with E-state index in [-0.39, 0.29) is 22.1 Å². The molecule has 1 fully saturated rings. The van der Waals surface area contributed by atoms with E-state index >= 15 is 0 Å². The molecule has 9 nitrogen and oxygen atoms in total. The number of hydrogen-bond donors (Lipinski definition) is 3. The topological polar surface area (TPSA) is 137 Å². The molecule has 1 saturated heterocycles. The molecule has 10 heteroatoms. The van der Waals surface area contributed by atoms with E-state index in [2.05, 4.69) is 15.0 Å². The Morgan fingerprint density at radius 1 is 1.38 bits per heavy atom. The largest absolute Gasteiger partial charge is 0.394 e. The first-order valence-electron chi connectivity index (χ1n) is 5.99. The van der Waals surface area contributed by atoms with Crippen molar-refractivity contribution in [3.8, 4) is 6.07 Å². The molecule has 110 valence electrons. The normalized spacial score (nSPS) is 28.9. The molecule has 3 rings (SSSR count). The Labute approximate surface area is 123 Å². The average molecular weight is 312 g/mol. The van der Waals surface area contributed by atoms with E-state index in [4.69, 9.17) is 26.7 Å². The second kappa shape index (κ2) is 5.18. The molecular formula is C11H10ClN5O4. The molecule has 21 heavy (non-hydrogen) atoms. The first kappa shape index (κ1) is 14.1. The molecule has 0 aliphatic carbocycles. The Morgan fingerprint density at radius 3 is 2.76 bits per heavy atom.